The van der Waals surface area contributed by atoms with Crippen LogP contribution >= 0.6 is 0 Å². The quantitative estimate of drug-likeness (QED) is 0.276. The number of halogens is 1. The molecule has 0 aromatic heterocycles. The van der Waals surface area contributed by atoms with Gasteiger partial charge in [0.1, 0.15) is 28.8 Å². The molecule has 3 aromatic carbocycles. The van der Waals surface area contributed by atoms with E-state index in [9.17, 15) is 19.1 Å². The Labute approximate surface area is 208 Å². The molecule has 1 amide bonds. The summed E-state index contributed by atoms with van der Waals surface area (Å²) in [5.41, 5.74) is 0.670. The minimum absolute atomic E-state index is 0.0410. The molecule has 1 aliphatic heterocycles. The van der Waals surface area contributed by atoms with Gasteiger partial charge in [-0.1, -0.05) is 18.2 Å². The highest BCUT2D eigenvalue weighted by Gasteiger charge is 2.47. The molecule has 1 fully saturated rings. The molecule has 7 nitrogen and oxygen atoms in total. The standard InChI is InChI=1S/C28H26FNO6/c1-16(2)36-21-10-5-7-17(13-21)25-24(26(31)22-14-18(29)11-12-23(22)35-4)27(32)28(33)30(25)19-8-6-9-20(15-19)34-3/h5-16,25,31H,1-4H3/b26-24+. The van der Waals surface area contributed by atoms with Crippen molar-refractivity contribution >= 4 is 23.1 Å². The maximum atomic E-state index is 14.1. The minimum atomic E-state index is -1.03. The van der Waals surface area contributed by atoms with Gasteiger partial charge >= 0.3 is 0 Å². The number of Topliss-reactive ketones (excluding diaryl/α,β-unsaturated/α-hetero) is 1. The first-order valence-electron chi connectivity index (χ1n) is 11.3. The predicted octanol–water partition coefficient (Wildman–Crippen LogP) is 5.26. The second kappa shape index (κ2) is 10.1. The molecule has 1 aliphatic rings. The third-order valence-corrected chi connectivity index (χ3v) is 5.74. The number of anilines is 1. The van der Waals surface area contributed by atoms with Gasteiger partial charge in [-0.2, -0.15) is 0 Å². The molecule has 8 heteroatoms. The number of ketones is 1. The molecular weight excluding hydrogens is 465 g/mol. The number of rotatable bonds is 7. The topological polar surface area (TPSA) is 85.3 Å². The molecule has 1 saturated heterocycles. The van der Waals surface area contributed by atoms with Crippen LogP contribution in [0.25, 0.3) is 5.76 Å². The van der Waals surface area contributed by atoms with Gasteiger partial charge in [0.15, 0.2) is 0 Å². The van der Waals surface area contributed by atoms with Crippen molar-refractivity contribution in [1.29, 1.82) is 0 Å². The summed E-state index contributed by atoms with van der Waals surface area (Å²) in [4.78, 5) is 28.0. The second-order valence-electron chi connectivity index (χ2n) is 8.45. The number of nitrogens with zero attached hydrogens (tertiary/aromatic N) is 1. The van der Waals surface area contributed by atoms with E-state index in [4.69, 9.17) is 14.2 Å². The maximum absolute atomic E-state index is 14.1. The van der Waals surface area contributed by atoms with Crippen LogP contribution in [0.1, 0.15) is 31.0 Å². The first kappa shape index (κ1) is 24.8. The molecule has 4 rings (SSSR count). The minimum Gasteiger partial charge on any atom is -0.507 e. The van der Waals surface area contributed by atoms with Gasteiger partial charge < -0.3 is 19.3 Å². The predicted molar refractivity (Wildman–Crippen MR) is 133 cm³/mol. The second-order valence-corrected chi connectivity index (χ2v) is 8.45. The Bertz CT molecular complexity index is 1350. The molecule has 0 radical (unpaired) electrons. The lowest BCUT2D eigenvalue weighted by molar-refractivity contribution is -0.132. The van der Waals surface area contributed by atoms with Gasteiger partial charge in [0.05, 0.1) is 37.5 Å². The highest BCUT2D eigenvalue weighted by molar-refractivity contribution is 6.51. The number of hydrogen-bond donors (Lipinski definition) is 1. The summed E-state index contributed by atoms with van der Waals surface area (Å²) in [5.74, 6) is -1.78. The Balaban J connectivity index is 1.98. The van der Waals surface area contributed by atoms with Crippen LogP contribution in [0.4, 0.5) is 10.1 Å². The summed E-state index contributed by atoms with van der Waals surface area (Å²) >= 11 is 0. The number of aliphatic hydroxyl groups excluding tert-OH is 1. The zero-order valence-corrected chi connectivity index (χ0v) is 20.3. The zero-order chi connectivity index (χ0) is 26.0. The summed E-state index contributed by atoms with van der Waals surface area (Å²) < 4.78 is 30.6. The molecule has 36 heavy (non-hydrogen) atoms. The Morgan fingerprint density at radius 2 is 1.67 bits per heavy atom. The van der Waals surface area contributed by atoms with E-state index in [2.05, 4.69) is 0 Å². The molecule has 0 bridgehead atoms. The van der Waals surface area contributed by atoms with Crippen molar-refractivity contribution in [3.8, 4) is 17.2 Å². The molecule has 0 aliphatic carbocycles. The van der Waals surface area contributed by atoms with Crippen LogP contribution in [-0.4, -0.2) is 37.1 Å². The Morgan fingerprint density at radius 3 is 2.36 bits per heavy atom. The van der Waals surface area contributed by atoms with Gasteiger partial charge in [0, 0.05) is 11.8 Å². The first-order valence-corrected chi connectivity index (χ1v) is 11.3. The van der Waals surface area contributed by atoms with Crippen LogP contribution in [0.3, 0.4) is 0 Å². The SMILES string of the molecule is COc1cccc(N2C(=O)C(=O)/C(=C(/O)c3cc(F)ccc3OC)C2c2cccc(OC(C)C)c2)c1. The van der Waals surface area contributed by atoms with Gasteiger partial charge in [0.25, 0.3) is 11.7 Å². The lowest BCUT2D eigenvalue weighted by Gasteiger charge is -2.26. The lowest BCUT2D eigenvalue weighted by Crippen LogP contribution is -2.29. The molecule has 0 saturated carbocycles. The summed E-state index contributed by atoms with van der Waals surface area (Å²) in [6, 6.07) is 16.2. The highest BCUT2D eigenvalue weighted by atomic mass is 19.1. The van der Waals surface area contributed by atoms with Gasteiger partial charge in [-0.05, 0) is 61.9 Å². The van der Waals surface area contributed by atoms with Crippen LogP contribution in [0.15, 0.2) is 72.3 Å². The van der Waals surface area contributed by atoms with Gasteiger partial charge in [-0.25, -0.2) is 4.39 Å². The fourth-order valence-electron chi connectivity index (χ4n) is 4.22. The first-order chi connectivity index (χ1) is 17.2. The number of carbonyl (C=O) groups excluding carboxylic acids is 2. The van der Waals surface area contributed by atoms with E-state index in [1.807, 2.05) is 13.8 Å². The monoisotopic (exact) mass is 491 g/mol. The summed E-state index contributed by atoms with van der Waals surface area (Å²) in [5, 5.41) is 11.3. The summed E-state index contributed by atoms with van der Waals surface area (Å²) in [6.07, 6.45) is -0.110. The zero-order valence-electron chi connectivity index (χ0n) is 20.3. The molecule has 0 spiro atoms. The maximum Gasteiger partial charge on any atom is 0.300 e. The van der Waals surface area contributed by atoms with Crippen molar-refractivity contribution < 1.29 is 33.3 Å². The van der Waals surface area contributed by atoms with Gasteiger partial charge in [-0.15, -0.1) is 0 Å². The van der Waals surface area contributed by atoms with E-state index < -0.39 is 29.3 Å². The molecule has 1 unspecified atom stereocenters. The smallest absolute Gasteiger partial charge is 0.300 e. The Hall–Kier alpha value is -4.33. The number of benzene rings is 3. The summed E-state index contributed by atoms with van der Waals surface area (Å²) in [7, 11) is 2.86. The molecule has 1 atom stereocenters. The van der Waals surface area contributed by atoms with E-state index in [1.165, 1.54) is 31.3 Å². The fraction of sp³-hybridized carbons (Fsp3) is 0.214. The molecule has 3 aromatic rings. The van der Waals surface area contributed by atoms with E-state index in [0.29, 0.717) is 22.7 Å². The Kier molecular flexibility index (Phi) is 6.96. The van der Waals surface area contributed by atoms with Crippen molar-refractivity contribution in [2.24, 2.45) is 0 Å². The number of aliphatic hydroxyl groups is 1. The van der Waals surface area contributed by atoms with Gasteiger partial charge in [-0.3, -0.25) is 14.5 Å². The number of amides is 1. The van der Waals surface area contributed by atoms with Crippen molar-refractivity contribution in [2.45, 2.75) is 26.0 Å². The normalized spacial score (nSPS) is 16.9. The lowest BCUT2D eigenvalue weighted by atomic mass is 9.94. The van der Waals surface area contributed by atoms with E-state index in [1.54, 1.807) is 48.5 Å². The van der Waals surface area contributed by atoms with Crippen LogP contribution < -0.4 is 19.1 Å². The van der Waals surface area contributed by atoms with E-state index in [-0.39, 0.29) is 23.0 Å². The molecule has 1 N–H and O–H groups in total. The van der Waals surface area contributed by atoms with Crippen LogP contribution in [0.5, 0.6) is 17.2 Å². The van der Waals surface area contributed by atoms with Crippen molar-refractivity contribution in [2.75, 3.05) is 19.1 Å². The van der Waals surface area contributed by atoms with Gasteiger partial charge in [0.2, 0.25) is 0 Å². The fourth-order valence-corrected chi connectivity index (χ4v) is 4.22. The van der Waals surface area contributed by atoms with E-state index in [0.717, 1.165) is 6.07 Å². The molecule has 1 heterocycles. The largest absolute Gasteiger partial charge is 0.507 e. The number of ether oxygens (including phenoxy) is 3. The van der Waals surface area contributed by atoms with Crippen LogP contribution in [-0.2, 0) is 9.59 Å². The van der Waals surface area contributed by atoms with Crippen molar-refractivity contribution in [3.63, 3.8) is 0 Å². The summed E-state index contributed by atoms with van der Waals surface area (Å²) in [6.45, 7) is 3.76. The number of methoxy groups -OCH3 is 2. The van der Waals surface area contributed by atoms with Crippen molar-refractivity contribution in [1.82, 2.24) is 0 Å². The number of carbonyl (C=O) groups is 2. The third-order valence-electron chi connectivity index (χ3n) is 5.74. The van der Waals surface area contributed by atoms with Crippen LogP contribution in [0.2, 0.25) is 0 Å². The number of hydrogen-bond acceptors (Lipinski definition) is 6. The molecule has 186 valence electrons. The third kappa shape index (κ3) is 4.62. The van der Waals surface area contributed by atoms with Crippen LogP contribution in [0, 0.1) is 5.82 Å². The Morgan fingerprint density at radius 1 is 0.944 bits per heavy atom. The average Bonchev–Trinajstić information content (AvgIpc) is 3.13. The van der Waals surface area contributed by atoms with Crippen molar-refractivity contribution in [3.05, 3.63) is 89.2 Å². The highest BCUT2D eigenvalue weighted by Crippen LogP contribution is 2.44. The molecular formula is C28H26FNO6. The average molecular weight is 492 g/mol. The van der Waals surface area contributed by atoms with E-state index >= 15 is 0 Å².